The van der Waals surface area contributed by atoms with Crippen molar-refractivity contribution < 1.29 is 13.4 Å². The van der Waals surface area contributed by atoms with Gasteiger partial charge in [-0.2, -0.15) is 0 Å². The maximum absolute atomic E-state index is 10.1. The molecule has 0 radical (unpaired) electrons. The van der Waals surface area contributed by atoms with Gasteiger partial charge >= 0.3 is 0 Å². The van der Waals surface area contributed by atoms with Crippen molar-refractivity contribution in [3.8, 4) is 0 Å². The van der Waals surface area contributed by atoms with Gasteiger partial charge in [0.1, 0.15) is 6.29 Å². The largest absolute Gasteiger partial charge is 0.417 e. The molecule has 0 fully saturated rings. The highest BCUT2D eigenvalue weighted by molar-refractivity contribution is 7.83. The van der Waals surface area contributed by atoms with E-state index in [-0.39, 0.29) is 5.04 Å². The Balaban J connectivity index is 0. The number of rotatable bonds is 5. The summed E-state index contributed by atoms with van der Waals surface area (Å²) in [5.41, 5.74) is 0. The molecule has 0 bridgehead atoms. The molecule has 0 saturated heterocycles. The molecule has 0 aliphatic heterocycles. The molecule has 0 spiro atoms. The van der Waals surface area contributed by atoms with Crippen molar-refractivity contribution in [1.29, 1.82) is 0 Å². The lowest BCUT2D eigenvalue weighted by Gasteiger charge is -2.36. The smallest absolute Gasteiger partial charge is 0.191 e. The van der Waals surface area contributed by atoms with Crippen molar-refractivity contribution in [3.05, 3.63) is 0 Å². The second kappa shape index (κ2) is 9.00. The first-order valence-electron chi connectivity index (χ1n) is 5.87. The zero-order valence-electron chi connectivity index (χ0n) is 12.3. The topological polar surface area (TPSA) is 43.4 Å². The van der Waals surface area contributed by atoms with Crippen molar-refractivity contribution in [2.45, 2.75) is 51.7 Å². The molecule has 104 valence electrons. The summed E-state index contributed by atoms with van der Waals surface area (Å²) in [6.45, 7) is 11.9. The lowest BCUT2D eigenvalue weighted by Crippen LogP contribution is -2.40. The molecule has 0 aliphatic rings. The number of hydrogen-bond donors (Lipinski definition) is 0. The van der Waals surface area contributed by atoms with Crippen LogP contribution in [0.25, 0.3) is 0 Å². The van der Waals surface area contributed by atoms with Crippen molar-refractivity contribution >= 4 is 25.4 Å². The Morgan fingerprint density at radius 3 is 1.94 bits per heavy atom. The van der Waals surface area contributed by atoms with E-state index in [0.717, 1.165) is 19.3 Å². The SMILES string of the molecule is CC(C)(C)[Si](C)(C)OCCCC=O.CS(C)=O. The first kappa shape index (κ1) is 19.3. The number of aldehydes is 1. The number of carbonyl (C=O) groups is 1. The summed E-state index contributed by atoms with van der Waals surface area (Å²) >= 11 is 0. The van der Waals surface area contributed by atoms with Gasteiger partial charge in [0, 0.05) is 36.3 Å². The summed E-state index contributed by atoms with van der Waals surface area (Å²) in [5, 5.41) is 0.272. The fraction of sp³-hybridized carbons (Fsp3) is 0.917. The number of unbranched alkanes of at least 4 members (excludes halogenated alkanes) is 1. The summed E-state index contributed by atoms with van der Waals surface area (Å²) in [7, 11) is -2.18. The molecule has 17 heavy (non-hydrogen) atoms. The minimum Gasteiger partial charge on any atom is -0.417 e. The molecule has 0 aliphatic carbocycles. The Hall–Kier alpha value is -0.00312. The highest BCUT2D eigenvalue weighted by Gasteiger charge is 2.36. The average Bonchev–Trinajstić information content (AvgIpc) is 2.09. The molecule has 0 atom stereocenters. The van der Waals surface area contributed by atoms with Crippen molar-refractivity contribution in [3.63, 3.8) is 0 Å². The van der Waals surface area contributed by atoms with Gasteiger partial charge in [0.05, 0.1) is 0 Å². The maximum Gasteiger partial charge on any atom is 0.191 e. The predicted octanol–water partition coefficient (Wildman–Crippen LogP) is 2.98. The molecule has 0 saturated carbocycles. The van der Waals surface area contributed by atoms with E-state index in [4.69, 9.17) is 4.43 Å². The maximum atomic E-state index is 10.1. The molecule has 0 aromatic heterocycles. The standard InChI is InChI=1S/C10H22O2Si.C2H6OS/c1-10(2,3)13(4,5)12-9-7-6-8-11;1-4(2)3/h8H,6-7,9H2,1-5H3;1-2H3. The zero-order valence-corrected chi connectivity index (χ0v) is 14.1. The van der Waals surface area contributed by atoms with E-state index in [9.17, 15) is 9.00 Å². The quantitative estimate of drug-likeness (QED) is 0.442. The van der Waals surface area contributed by atoms with Crippen molar-refractivity contribution in [2.75, 3.05) is 19.1 Å². The van der Waals surface area contributed by atoms with Crippen molar-refractivity contribution in [1.82, 2.24) is 0 Å². The van der Waals surface area contributed by atoms with Crippen LogP contribution in [0.15, 0.2) is 0 Å². The van der Waals surface area contributed by atoms with Crippen LogP contribution in [0, 0.1) is 0 Å². The van der Waals surface area contributed by atoms with E-state index < -0.39 is 19.1 Å². The van der Waals surface area contributed by atoms with Gasteiger partial charge in [-0.05, 0) is 24.6 Å². The zero-order chi connectivity index (χ0) is 14.1. The Kier molecular flexibility index (Phi) is 10.2. The molecule has 0 unspecified atom stereocenters. The Bertz CT molecular complexity index is 230. The first-order valence-corrected chi connectivity index (χ1v) is 10.7. The van der Waals surface area contributed by atoms with Gasteiger partial charge in [-0.25, -0.2) is 0 Å². The molecule has 0 aromatic rings. The molecule has 3 nitrogen and oxygen atoms in total. The first-order chi connectivity index (χ1) is 7.54. The molecular formula is C12H28O3SSi. The van der Waals surface area contributed by atoms with Gasteiger partial charge in [0.15, 0.2) is 8.32 Å². The summed E-state index contributed by atoms with van der Waals surface area (Å²) < 4.78 is 15.4. The van der Waals surface area contributed by atoms with Gasteiger partial charge in [-0.3, -0.25) is 4.21 Å². The molecule has 0 amide bonds. The Morgan fingerprint density at radius 2 is 1.65 bits per heavy atom. The predicted molar refractivity (Wildman–Crippen MR) is 78.4 cm³/mol. The number of hydrogen-bond acceptors (Lipinski definition) is 3. The normalized spacial score (nSPS) is 12.0. The van der Waals surface area contributed by atoms with Gasteiger partial charge < -0.3 is 9.22 Å². The van der Waals surface area contributed by atoms with Crippen LogP contribution in [-0.2, 0) is 20.0 Å². The summed E-state index contributed by atoms with van der Waals surface area (Å²) in [4.78, 5) is 10.1. The molecule has 0 aromatic carbocycles. The third kappa shape index (κ3) is 12.2. The molecule has 0 heterocycles. The van der Waals surface area contributed by atoms with Crippen molar-refractivity contribution in [2.24, 2.45) is 0 Å². The average molecular weight is 281 g/mol. The molecule has 0 N–H and O–H groups in total. The van der Waals surface area contributed by atoms with E-state index in [0.29, 0.717) is 6.42 Å². The highest BCUT2D eigenvalue weighted by Crippen LogP contribution is 2.36. The van der Waals surface area contributed by atoms with Gasteiger partial charge in [-0.1, -0.05) is 20.8 Å². The highest BCUT2D eigenvalue weighted by atomic mass is 32.2. The molecule has 0 rings (SSSR count). The minimum atomic E-state index is -1.57. The van der Waals surface area contributed by atoms with Crippen LogP contribution < -0.4 is 0 Å². The van der Waals surface area contributed by atoms with Gasteiger partial charge in [-0.15, -0.1) is 0 Å². The van der Waals surface area contributed by atoms with E-state index in [1.165, 1.54) is 0 Å². The lowest BCUT2D eigenvalue weighted by molar-refractivity contribution is -0.108. The third-order valence-electron chi connectivity index (χ3n) is 2.74. The fourth-order valence-electron chi connectivity index (χ4n) is 0.710. The van der Waals surface area contributed by atoms with Crippen LogP contribution in [0.1, 0.15) is 33.6 Å². The fourth-order valence-corrected chi connectivity index (χ4v) is 1.80. The molecule has 5 heteroatoms. The number of carbonyl (C=O) groups excluding carboxylic acids is 1. The van der Waals surface area contributed by atoms with Crippen LogP contribution in [0.4, 0.5) is 0 Å². The summed E-state index contributed by atoms with van der Waals surface area (Å²) in [6, 6.07) is 0. The van der Waals surface area contributed by atoms with Crippen LogP contribution >= 0.6 is 0 Å². The Labute approximate surface area is 110 Å². The summed E-state index contributed by atoms with van der Waals surface area (Å²) in [6.07, 6.45) is 5.71. The van der Waals surface area contributed by atoms with Crippen LogP contribution in [0.2, 0.25) is 18.1 Å². The monoisotopic (exact) mass is 280 g/mol. The van der Waals surface area contributed by atoms with E-state index >= 15 is 0 Å². The van der Waals surface area contributed by atoms with Gasteiger partial charge in [0.2, 0.25) is 0 Å². The Morgan fingerprint density at radius 1 is 1.24 bits per heavy atom. The minimum absolute atomic E-state index is 0.272. The van der Waals surface area contributed by atoms with E-state index in [1.54, 1.807) is 12.5 Å². The second-order valence-electron chi connectivity index (χ2n) is 5.66. The lowest BCUT2D eigenvalue weighted by atomic mass is 10.2. The van der Waals surface area contributed by atoms with Crippen LogP contribution in [0.3, 0.4) is 0 Å². The van der Waals surface area contributed by atoms with Crippen LogP contribution in [-0.4, -0.2) is 37.9 Å². The summed E-state index contributed by atoms with van der Waals surface area (Å²) in [5.74, 6) is 0. The van der Waals surface area contributed by atoms with Gasteiger partial charge in [0.25, 0.3) is 0 Å². The third-order valence-corrected chi connectivity index (χ3v) is 7.27. The molecular weight excluding hydrogens is 252 g/mol. The second-order valence-corrected chi connectivity index (χ2v) is 12.0. The van der Waals surface area contributed by atoms with Crippen LogP contribution in [0.5, 0.6) is 0 Å². The van der Waals surface area contributed by atoms with E-state index in [2.05, 4.69) is 33.9 Å². The van der Waals surface area contributed by atoms with E-state index in [1.807, 2.05) is 0 Å².